The van der Waals surface area contributed by atoms with Gasteiger partial charge >= 0.3 is 0 Å². The number of carbonyl (C=O) groups excluding carboxylic acids is 1. The lowest BCUT2D eigenvalue weighted by Gasteiger charge is -2.13. The molecule has 1 N–H and O–H groups in total. The number of thioether (sulfide) groups is 1. The molecule has 0 aliphatic heterocycles. The number of non-ortho nitro benzene ring substituents is 1. The number of nitrogens with zero attached hydrogens (tertiary/aromatic N) is 4. The maximum absolute atomic E-state index is 13.2. The molecule has 3 aromatic carbocycles. The number of carbonyl (C=O) groups is 1. The molecular formula is C23H16BrN5O4S. The van der Waals surface area contributed by atoms with E-state index < -0.39 is 10.8 Å². The highest BCUT2D eigenvalue weighted by Crippen LogP contribution is 2.22. The minimum Gasteiger partial charge on any atom is -0.272 e. The van der Waals surface area contributed by atoms with Crippen molar-refractivity contribution in [1.29, 1.82) is 0 Å². The Morgan fingerprint density at radius 2 is 1.82 bits per heavy atom. The first-order valence-electron chi connectivity index (χ1n) is 9.89. The maximum atomic E-state index is 13.2. The third-order valence-electron chi connectivity index (χ3n) is 4.67. The number of nitrogens with one attached hydrogen (secondary N) is 1. The molecule has 4 aromatic rings. The van der Waals surface area contributed by atoms with Crippen LogP contribution in [0.3, 0.4) is 0 Å². The van der Waals surface area contributed by atoms with Gasteiger partial charge in [0.2, 0.25) is 0 Å². The highest BCUT2D eigenvalue weighted by atomic mass is 79.9. The first-order chi connectivity index (χ1) is 16.4. The Hall–Kier alpha value is -3.83. The third kappa shape index (κ3) is 5.38. The number of benzene rings is 3. The summed E-state index contributed by atoms with van der Waals surface area (Å²) in [5, 5.41) is 15.4. The fourth-order valence-electron chi connectivity index (χ4n) is 3.05. The molecule has 0 spiro atoms. The van der Waals surface area contributed by atoms with Crippen molar-refractivity contribution in [3.8, 4) is 5.69 Å². The van der Waals surface area contributed by atoms with Crippen LogP contribution in [0.5, 0.6) is 0 Å². The van der Waals surface area contributed by atoms with Crippen LogP contribution >= 0.6 is 27.7 Å². The normalized spacial score (nSPS) is 11.1. The van der Waals surface area contributed by atoms with Crippen LogP contribution in [0.2, 0.25) is 0 Å². The van der Waals surface area contributed by atoms with Gasteiger partial charge in [0.15, 0.2) is 5.16 Å². The van der Waals surface area contributed by atoms with Crippen molar-refractivity contribution in [3.63, 3.8) is 0 Å². The van der Waals surface area contributed by atoms with Crippen molar-refractivity contribution >= 4 is 56.4 Å². The van der Waals surface area contributed by atoms with Crippen molar-refractivity contribution in [1.82, 2.24) is 15.0 Å². The van der Waals surface area contributed by atoms with Gasteiger partial charge in [0.25, 0.3) is 17.2 Å². The van der Waals surface area contributed by atoms with Crippen LogP contribution in [-0.4, -0.2) is 32.3 Å². The molecule has 9 nitrogen and oxygen atoms in total. The van der Waals surface area contributed by atoms with Crippen molar-refractivity contribution < 1.29 is 9.72 Å². The Morgan fingerprint density at radius 3 is 2.53 bits per heavy atom. The molecule has 0 bridgehead atoms. The minimum atomic E-state index is -0.491. The Kier molecular flexibility index (Phi) is 7.14. The van der Waals surface area contributed by atoms with Gasteiger partial charge in [-0.3, -0.25) is 24.3 Å². The number of nitro benzene ring substituents is 1. The van der Waals surface area contributed by atoms with Crippen molar-refractivity contribution in [2.24, 2.45) is 5.10 Å². The molecule has 0 aliphatic rings. The molecule has 170 valence electrons. The number of hydrogen-bond acceptors (Lipinski definition) is 7. The predicted molar refractivity (Wildman–Crippen MR) is 135 cm³/mol. The number of fused-ring (bicyclic) bond motifs is 1. The van der Waals surface area contributed by atoms with Crippen molar-refractivity contribution in [2.75, 3.05) is 5.75 Å². The smallest absolute Gasteiger partial charge is 0.269 e. The van der Waals surface area contributed by atoms with Gasteiger partial charge in [-0.15, -0.1) is 0 Å². The Balaban J connectivity index is 1.51. The zero-order valence-electron chi connectivity index (χ0n) is 17.4. The SMILES string of the molecule is O=C(CSc1nc2ccccc2c(=O)n1-c1ccc(Br)cc1)N/N=C\c1ccc([N+](=O)[O-])cc1. The number of aromatic nitrogens is 2. The van der Waals surface area contributed by atoms with E-state index in [1.165, 1.54) is 35.0 Å². The quantitative estimate of drug-likeness (QED) is 0.123. The molecule has 1 aromatic heterocycles. The lowest BCUT2D eigenvalue weighted by molar-refractivity contribution is -0.384. The number of hydrazone groups is 1. The van der Waals surface area contributed by atoms with Crippen LogP contribution in [0.4, 0.5) is 5.69 Å². The second-order valence-electron chi connectivity index (χ2n) is 6.96. The molecule has 0 atom stereocenters. The van der Waals surface area contributed by atoms with E-state index >= 15 is 0 Å². The Morgan fingerprint density at radius 1 is 1.12 bits per heavy atom. The summed E-state index contributed by atoms with van der Waals surface area (Å²) in [5.41, 5.74) is 3.92. The highest BCUT2D eigenvalue weighted by molar-refractivity contribution is 9.10. The van der Waals surface area contributed by atoms with Gasteiger partial charge in [-0.25, -0.2) is 10.4 Å². The second-order valence-corrected chi connectivity index (χ2v) is 8.82. The summed E-state index contributed by atoms with van der Waals surface area (Å²) in [4.78, 5) is 40.4. The Labute approximate surface area is 205 Å². The maximum Gasteiger partial charge on any atom is 0.269 e. The number of halogens is 1. The molecule has 0 fully saturated rings. The zero-order chi connectivity index (χ0) is 24.1. The summed E-state index contributed by atoms with van der Waals surface area (Å²) in [5.74, 6) is -0.424. The molecule has 0 radical (unpaired) electrons. The summed E-state index contributed by atoms with van der Waals surface area (Å²) in [6, 6.07) is 20.0. The number of para-hydroxylation sites is 1. The lowest BCUT2D eigenvalue weighted by Crippen LogP contribution is -2.24. The second kappa shape index (κ2) is 10.4. The van der Waals surface area contributed by atoms with E-state index in [9.17, 15) is 19.7 Å². The molecule has 0 aliphatic carbocycles. The molecule has 34 heavy (non-hydrogen) atoms. The zero-order valence-corrected chi connectivity index (χ0v) is 19.8. The van der Waals surface area contributed by atoms with E-state index in [2.05, 4.69) is 31.4 Å². The van der Waals surface area contributed by atoms with E-state index in [1.54, 1.807) is 36.4 Å². The summed E-state index contributed by atoms with van der Waals surface area (Å²) in [7, 11) is 0. The van der Waals surface area contributed by atoms with E-state index in [0.29, 0.717) is 27.3 Å². The summed E-state index contributed by atoms with van der Waals surface area (Å²) in [6.45, 7) is 0. The minimum absolute atomic E-state index is 0.0289. The van der Waals surface area contributed by atoms with Gasteiger partial charge in [-0.2, -0.15) is 5.10 Å². The van der Waals surface area contributed by atoms with Gasteiger partial charge in [0.05, 0.1) is 33.5 Å². The van der Waals surface area contributed by atoms with Gasteiger partial charge in [-0.1, -0.05) is 39.8 Å². The van der Waals surface area contributed by atoms with Crippen LogP contribution in [0.1, 0.15) is 5.56 Å². The molecule has 0 saturated carbocycles. The molecule has 11 heteroatoms. The van der Waals surface area contributed by atoms with E-state index in [1.807, 2.05) is 12.1 Å². The van der Waals surface area contributed by atoms with E-state index in [0.717, 1.165) is 16.2 Å². The van der Waals surface area contributed by atoms with Crippen molar-refractivity contribution in [2.45, 2.75) is 5.16 Å². The summed E-state index contributed by atoms with van der Waals surface area (Å²) < 4.78 is 2.35. The summed E-state index contributed by atoms with van der Waals surface area (Å²) >= 11 is 4.50. The van der Waals surface area contributed by atoms with E-state index in [-0.39, 0.29) is 17.0 Å². The average molecular weight is 538 g/mol. The predicted octanol–water partition coefficient (Wildman–Crippen LogP) is 4.30. The lowest BCUT2D eigenvalue weighted by atomic mass is 10.2. The molecular weight excluding hydrogens is 522 g/mol. The largest absolute Gasteiger partial charge is 0.272 e. The topological polar surface area (TPSA) is 119 Å². The molecule has 4 rings (SSSR count). The first-order valence-corrected chi connectivity index (χ1v) is 11.7. The standard InChI is InChI=1S/C23H16BrN5O4S/c24-16-7-11-17(12-8-16)28-22(31)19-3-1-2-4-20(19)26-23(28)34-14-21(30)27-25-13-15-5-9-18(10-6-15)29(32)33/h1-13H,14H2,(H,27,30)/b25-13-. The number of nitro groups is 1. The molecule has 0 unspecified atom stereocenters. The van der Waals surface area contributed by atoms with Gasteiger partial charge < -0.3 is 0 Å². The monoisotopic (exact) mass is 537 g/mol. The Bertz CT molecular complexity index is 1450. The van der Waals surface area contributed by atoms with Gasteiger partial charge in [0, 0.05) is 16.6 Å². The third-order valence-corrected chi connectivity index (χ3v) is 6.14. The number of amides is 1. The molecule has 0 saturated heterocycles. The number of hydrogen-bond donors (Lipinski definition) is 1. The number of rotatable bonds is 7. The fraction of sp³-hybridized carbons (Fsp3) is 0.0435. The molecule has 1 heterocycles. The van der Waals surface area contributed by atoms with E-state index in [4.69, 9.17) is 0 Å². The van der Waals surface area contributed by atoms with Crippen molar-refractivity contribution in [3.05, 3.63) is 103 Å². The fourth-order valence-corrected chi connectivity index (χ4v) is 4.12. The highest BCUT2D eigenvalue weighted by Gasteiger charge is 2.14. The van der Waals surface area contributed by atoms with Crippen LogP contribution < -0.4 is 11.0 Å². The summed E-state index contributed by atoms with van der Waals surface area (Å²) in [6.07, 6.45) is 1.39. The molecule has 1 amide bonds. The van der Waals surface area contributed by atoms with Crippen LogP contribution in [0.15, 0.2) is 92.3 Å². The van der Waals surface area contributed by atoms with Gasteiger partial charge in [0.1, 0.15) is 0 Å². The van der Waals surface area contributed by atoms with Crippen LogP contribution in [0.25, 0.3) is 16.6 Å². The first kappa shape index (κ1) is 23.3. The average Bonchev–Trinajstić information content (AvgIpc) is 2.84. The van der Waals surface area contributed by atoms with Gasteiger partial charge in [-0.05, 0) is 54.1 Å². The van der Waals surface area contributed by atoms with Crippen LogP contribution in [-0.2, 0) is 4.79 Å². The van der Waals surface area contributed by atoms with Crippen LogP contribution in [0, 0.1) is 10.1 Å².